The summed E-state index contributed by atoms with van der Waals surface area (Å²) in [4.78, 5) is 36.7. The number of ether oxygens (including phenoxy) is 2. The van der Waals surface area contributed by atoms with Crippen LogP contribution < -0.4 is 10.6 Å². The fraction of sp³-hybridized carbons (Fsp3) is 0.375. The normalized spacial score (nSPS) is 20.0. The first-order valence-corrected chi connectivity index (χ1v) is 10.9. The Hall–Kier alpha value is -3.60. The van der Waals surface area contributed by atoms with Gasteiger partial charge in [-0.25, -0.2) is 9.59 Å². The molecular formula is C24H23F3N2O6. The molecule has 1 heterocycles. The van der Waals surface area contributed by atoms with Crippen LogP contribution in [0.25, 0.3) is 11.1 Å². The average molecular weight is 492 g/mol. The summed E-state index contributed by atoms with van der Waals surface area (Å²) in [6.07, 6.45) is -7.83. The van der Waals surface area contributed by atoms with Gasteiger partial charge in [-0.1, -0.05) is 48.5 Å². The number of carboxylic acids is 1. The predicted octanol–water partition coefficient (Wildman–Crippen LogP) is 3.21. The highest BCUT2D eigenvalue weighted by Gasteiger charge is 2.46. The van der Waals surface area contributed by atoms with Crippen molar-refractivity contribution in [2.75, 3.05) is 19.8 Å². The molecule has 1 fully saturated rings. The van der Waals surface area contributed by atoms with Crippen LogP contribution in [-0.2, 0) is 19.1 Å². The molecule has 1 aliphatic heterocycles. The first-order chi connectivity index (χ1) is 16.6. The molecule has 2 unspecified atom stereocenters. The lowest BCUT2D eigenvalue weighted by Crippen LogP contribution is -2.60. The largest absolute Gasteiger partial charge is 0.479 e. The fourth-order valence-electron chi connectivity index (χ4n) is 4.43. The van der Waals surface area contributed by atoms with E-state index in [9.17, 15) is 32.7 Å². The number of rotatable bonds is 7. The van der Waals surface area contributed by atoms with Gasteiger partial charge in [-0.15, -0.1) is 0 Å². The minimum Gasteiger partial charge on any atom is -0.479 e. The van der Waals surface area contributed by atoms with Crippen LogP contribution >= 0.6 is 0 Å². The van der Waals surface area contributed by atoms with Crippen molar-refractivity contribution < 1.29 is 42.1 Å². The molecule has 2 amide bonds. The molecule has 1 saturated heterocycles. The van der Waals surface area contributed by atoms with Crippen molar-refractivity contribution in [1.82, 2.24) is 10.6 Å². The van der Waals surface area contributed by atoms with E-state index in [-0.39, 0.29) is 25.6 Å². The quantitative estimate of drug-likeness (QED) is 0.547. The molecule has 0 bridgehead atoms. The molecule has 186 valence electrons. The summed E-state index contributed by atoms with van der Waals surface area (Å²) >= 11 is 0. The van der Waals surface area contributed by atoms with Crippen molar-refractivity contribution in [2.24, 2.45) is 0 Å². The van der Waals surface area contributed by atoms with Crippen LogP contribution in [0.15, 0.2) is 48.5 Å². The van der Waals surface area contributed by atoms with E-state index in [0.29, 0.717) is 0 Å². The maximum Gasteiger partial charge on any atom is 0.407 e. The lowest BCUT2D eigenvalue weighted by molar-refractivity contribution is -0.153. The van der Waals surface area contributed by atoms with E-state index in [0.717, 1.165) is 22.3 Å². The lowest BCUT2D eigenvalue weighted by Gasteiger charge is -2.27. The Balaban J connectivity index is 1.45. The van der Waals surface area contributed by atoms with E-state index in [1.54, 1.807) is 0 Å². The Bertz CT molecular complexity index is 1080. The van der Waals surface area contributed by atoms with Gasteiger partial charge in [0.2, 0.25) is 5.91 Å². The van der Waals surface area contributed by atoms with Crippen LogP contribution in [0.1, 0.15) is 29.9 Å². The van der Waals surface area contributed by atoms with E-state index in [2.05, 4.69) is 5.32 Å². The van der Waals surface area contributed by atoms with Crippen LogP contribution in [-0.4, -0.2) is 60.7 Å². The Labute approximate surface area is 198 Å². The Morgan fingerprint density at radius 3 is 2.20 bits per heavy atom. The molecule has 0 radical (unpaired) electrons. The van der Waals surface area contributed by atoms with Gasteiger partial charge in [0.15, 0.2) is 5.54 Å². The number of carbonyl (C=O) groups is 3. The van der Waals surface area contributed by atoms with Gasteiger partial charge in [-0.2, -0.15) is 13.2 Å². The second kappa shape index (κ2) is 9.57. The molecule has 0 aromatic heterocycles. The van der Waals surface area contributed by atoms with Crippen LogP contribution in [0.5, 0.6) is 0 Å². The van der Waals surface area contributed by atoms with Crippen molar-refractivity contribution in [2.45, 2.75) is 36.5 Å². The fourth-order valence-corrected chi connectivity index (χ4v) is 4.43. The molecule has 35 heavy (non-hydrogen) atoms. The van der Waals surface area contributed by atoms with E-state index >= 15 is 0 Å². The average Bonchev–Trinajstić information content (AvgIpc) is 3.40. The molecule has 2 aliphatic rings. The van der Waals surface area contributed by atoms with Gasteiger partial charge in [-0.3, -0.25) is 4.79 Å². The van der Waals surface area contributed by atoms with Gasteiger partial charge >= 0.3 is 18.2 Å². The Kier molecular flexibility index (Phi) is 6.70. The van der Waals surface area contributed by atoms with Gasteiger partial charge < -0.3 is 25.2 Å². The summed E-state index contributed by atoms with van der Waals surface area (Å²) in [5.74, 6) is -3.05. The topological polar surface area (TPSA) is 114 Å². The molecule has 2 atom stereocenters. The third-order valence-electron chi connectivity index (χ3n) is 6.18. The van der Waals surface area contributed by atoms with Gasteiger partial charge in [0.05, 0.1) is 13.0 Å². The van der Waals surface area contributed by atoms with Crippen molar-refractivity contribution in [1.29, 1.82) is 0 Å². The molecular weight excluding hydrogens is 469 g/mol. The number of aliphatic carboxylic acids is 1. The zero-order valence-corrected chi connectivity index (χ0v) is 18.4. The van der Waals surface area contributed by atoms with Gasteiger partial charge in [-0.05, 0) is 22.3 Å². The van der Waals surface area contributed by atoms with E-state index < -0.39 is 48.8 Å². The third-order valence-corrected chi connectivity index (χ3v) is 6.18. The minimum absolute atomic E-state index is 0.0241. The highest BCUT2D eigenvalue weighted by Crippen LogP contribution is 2.44. The molecule has 0 saturated carbocycles. The van der Waals surface area contributed by atoms with Crippen molar-refractivity contribution in [3.63, 3.8) is 0 Å². The summed E-state index contributed by atoms with van der Waals surface area (Å²) in [7, 11) is 0. The standard InChI is InChI=1S/C24H23F3N2O6/c25-24(26,27)11-19(20(30)29-23(21(31)32)9-10-34-13-23)28-22(33)35-12-18-16-7-3-1-5-14(16)15-6-2-4-8-17(15)18/h1-8,18-19H,9-13H2,(H,28,33)(H,29,30)(H,31,32). The summed E-state index contributed by atoms with van der Waals surface area (Å²) in [6.45, 7) is -0.527. The third kappa shape index (κ3) is 5.24. The lowest BCUT2D eigenvalue weighted by atomic mass is 9.98. The number of halogens is 3. The number of hydrogen-bond acceptors (Lipinski definition) is 5. The zero-order valence-electron chi connectivity index (χ0n) is 18.4. The monoisotopic (exact) mass is 492 g/mol. The Morgan fingerprint density at radius 1 is 1.09 bits per heavy atom. The summed E-state index contributed by atoms with van der Waals surface area (Å²) in [5.41, 5.74) is 1.92. The molecule has 0 spiro atoms. The highest BCUT2D eigenvalue weighted by molar-refractivity contribution is 5.91. The van der Waals surface area contributed by atoms with Crippen LogP contribution in [0.3, 0.4) is 0 Å². The van der Waals surface area contributed by atoms with Crippen LogP contribution in [0.4, 0.5) is 18.0 Å². The first-order valence-electron chi connectivity index (χ1n) is 10.9. The number of fused-ring (bicyclic) bond motifs is 3. The zero-order chi connectivity index (χ0) is 25.2. The number of carboxylic acid groups (broad SMARTS) is 1. The Morgan fingerprint density at radius 2 is 1.69 bits per heavy atom. The molecule has 1 aliphatic carbocycles. The predicted molar refractivity (Wildman–Crippen MR) is 117 cm³/mol. The smallest absolute Gasteiger partial charge is 0.407 e. The van der Waals surface area contributed by atoms with Crippen molar-refractivity contribution in [3.05, 3.63) is 59.7 Å². The highest BCUT2D eigenvalue weighted by atomic mass is 19.4. The number of benzene rings is 2. The maximum absolute atomic E-state index is 13.1. The van der Waals surface area contributed by atoms with Gasteiger partial charge in [0.25, 0.3) is 0 Å². The number of amides is 2. The van der Waals surface area contributed by atoms with E-state index in [1.165, 1.54) is 0 Å². The number of nitrogens with one attached hydrogen (secondary N) is 2. The van der Waals surface area contributed by atoms with E-state index in [1.807, 2.05) is 53.8 Å². The number of alkyl carbamates (subject to hydrolysis) is 1. The van der Waals surface area contributed by atoms with Gasteiger partial charge in [0.1, 0.15) is 12.6 Å². The van der Waals surface area contributed by atoms with E-state index in [4.69, 9.17) is 9.47 Å². The molecule has 11 heteroatoms. The summed E-state index contributed by atoms with van der Waals surface area (Å²) < 4.78 is 49.6. The number of hydrogen-bond donors (Lipinski definition) is 3. The van der Waals surface area contributed by atoms with Crippen LogP contribution in [0.2, 0.25) is 0 Å². The minimum atomic E-state index is -4.80. The second-order valence-corrected chi connectivity index (χ2v) is 8.52. The second-order valence-electron chi connectivity index (χ2n) is 8.52. The number of alkyl halides is 3. The molecule has 2 aromatic carbocycles. The van der Waals surface area contributed by atoms with Gasteiger partial charge in [0, 0.05) is 18.9 Å². The maximum atomic E-state index is 13.1. The molecule has 2 aromatic rings. The SMILES string of the molecule is O=C(NC(CC(F)(F)F)C(=O)NC1(C(=O)O)CCOC1)OCC1c2ccccc2-c2ccccc21. The summed E-state index contributed by atoms with van der Waals surface area (Å²) in [5, 5.41) is 13.5. The van der Waals surface area contributed by atoms with Crippen LogP contribution in [0, 0.1) is 0 Å². The van der Waals surface area contributed by atoms with Crippen molar-refractivity contribution >= 4 is 18.0 Å². The summed E-state index contributed by atoms with van der Waals surface area (Å²) in [6, 6.07) is 13.0. The first kappa shape index (κ1) is 24.5. The molecule has 3 N–H and O–H groups in total. The molecule has 8 nitrogen and oxygen atoms in total. The molecule has 4 rings (SSSR count). The van der Waals surface area contributed by atoms with Crippen molar-refractivity contribution in [3.8, 4) is 11.1 Å². The number of carbonyl (C=O) groups excluding carboxylic acids is 2.